The lowest BCUT2D eigenvalue weighted by Crippen LogP contribution is -2.40. The number of rotatable bonds is 9. The molecule has 2 aromatic carbocycles. The summed E-state index contributed by atoms with van der Waals surface area (Å²) in [5.74, 6) is -0.0222. The van der Waals surface area contributed by atoms with Crippen LogP contribution in [-0.4, -0.2) is 36.9 Å². The van der Waals surface area contributed by atoms with Crippen molar-refractivity contribution in [2.24, 2.45) is 0 Å². The summed E-state index contributed by atoms with van der Waals surface area (Å²) in [6.07, 6.45) is 3.32. The fraction of sp³-hybridized carbons (Fsp3) is 0.292. The number of carbonyl (C=O) groups excluding carboxylic acids is 3. The van der Waals surface area contributed by atoms with Crippen molar-refractivity contribution in [1.82, 2.24) is 10.6 Å². The minimum atomic E-state index is -0.718. The molecule has 0 aliphatic rings. The second-order valence-electron chi connectivity index (χ2n) is 7.42. The van der Waals surface area contributed by atoms with Gasteiger partial charge in [0.2, 0.25) is 17.7 Å². The predicted octanol–water partition coefficient (Wildman–Crippen LogP) is 2.92. The Labute approximate surface area is 182 Å². The first-order valence-electron chi connectivity index (χ1n) is 10.1. The van der Waals surface area contributed by atoms with Gasteiger partial charge in [-0.3, -0.25) is 14.4 Å². The summed E-state index contributed by atoms with van der Waals surface area (Å²) in [6, 6.07) is 13.7. The monoisotopic (exact) mass is 423 g/mol. The van der Waals surface area contributed by atoms with E-state index in [1.54, 1.807) is 56.5 Å². The Balaban J connectivity index is 1.83. The highest BCUT2D eigenvalue weighted by Gasteiger charge is 2.14. The van der Waals surface area contributed by atoms with E-state index in [1.807, 2.05) is 26.0 Å². The van der Waals surface area contributed by atoms with Gasteiger partial charge in [-0.1, -0.05) is 24.3 Å². The number of carbonyl (C=O) groups is 3. The molecule has 0 spiro atoms. The van der Waals surface area contributed by atoms with Crippen molar-refractivity contribution in [3.8, 4) is 5.75 Å². The summed E-state index contributed by atoms with van der Waals surface area (Å²) in [5, 5.41) is 8.22. The molecule has 0 saturated carbocycles. The van der Waals surface area contributed by atoms with Crippen molar-refractivity contribution >= 4 is 29.5 Å². The molecule has 0 aliphatic carbocycles. The van der Waals surface area contributed by atoms with Crippen molar-refractivity contribution in [2.45, 2.75) is 39.3 Å². The van der Waals surface area contributed by atoms with Gasteiger partial charge in [0.25, 0.3) is 0 Å². The van der Waals surface area contributed by atoms with Gasteiger partial charge in [0, 0.05) is 17.8 Å². The smallest absolute Gasteiger partial charge is 0.246 e. The van der Waals surface area contributed by atoms with E-state index in [0.717, 1.165) is 16.9 Å². The molecule has 7 nitrogen and oxygen atoms in total. The van der Waals surface area contributed by atoms with Gasteiger partial charge in [-0.2, -0.15) is 0 Å². The molecule has 0 heterocycles. The highest BCUT2D eigenvalue weighted by molar-refractivity contribution is 5.99. The fourth-order valence-corrected chi connectivity index (χ4v) is 2.73. The number of methoxy groups -OCH3 is 1. The average molecular weight is 424 g/mol. The number of hydrogen-bond acceptors (Lipinski definition) is 4. The summed E-state index contributed by atoms with van der Waals surface area (Å²) < 4.78 is 5.09. The molecule has 3 amide bonds. The van der Waals surface area contributed by atoms with Crippen LogP contribution in [0.4, 0.5) is 5.69 Å². The zero-order valence-corrected chi connectivity index (χ0v) is 18.3. The normalized spacial score (nSPS) is 11.8. The molecule has 2 aromatic rings. The molecule has 0 radical (unpaired) electrons. The first-order chi connectivity index (χ1) is 14.8. The third-order valence-electron chi connectivity index (χ3n) is 4.33. The van der Waals surface area contributed by atoms with Gasteiger partial charge >= 0.3 is 0 Å². The van der Waals surface area contributed by atoms with Crippen LogP contribution < -0.4 is 20.7 Å². The average Bonchev–Trinajstić information content (AvgIpc) is 2.73. The van der Waals surface area contributed by atoms with Crippen molar-refractivity contribution in [3.63, 3.8) is 0 Å². The zero-order chi connectivity index (χ0) is 22.8. The van der Waals surface area contributed by atoms with Gasteiger partial charge in [-0.15, -0.1) is 0 Å². The number of nitrogens with one attached hydrogen (secondary N) is 3. The van der Waals surface area contributed by atoms with Crippen LogP contribution in [0.15, 0.2) is 54.6 Å². The van der Waals surface area contributed by atoms with E-state index in [-0.39, 0.29) is 30.2 Å². The van der Waals surface area contributed by atoms with Crippen molar-refractivity contribution < 1.29 is 19.1 Å². The quantitative estimate of drug-likeness (QED) is 0.540. The van der Waals surface area contributed by atoms with Gasteiger partial charge in [0.15, 0.2) is 0 Å². The molecule has 2 rings (SSSR count). The molecular weight excluding hydrogens is 394 g/mol. The lowest BCUT2D eigenvalue weighted by molar-refractivity contribution is -0.123. The Kier molecular flexibility index (Phi) is 8.81. The number of ether oxygens (including phenoxy) is 1. The molecule has 7 heteroatoms. The fourth-order valence-electron chi connectivity index (χ4n) is 2.73. The molecule has 0 bridgehead atoms. The van der Waals surface area contributed by atoms with Crippen LogP contribution in [0.1, 0.15) is 31.9 Å². The van der Waals surface area contributed by atoms with Gasteiger partial charge in [0.1, 0.15) is 11.8 Å². The van der Waals surface area contributed by atoms with E-state index in [1.165, 1.54) is 6.08 Å². The van der Waals surface area contributed by atoms with Crippen LogP contribution in [-0.2, 0) is 20.8 Å². The van der Waals surface area contributed by atoms with Crippen LogP contribution in [0, 0.1) is 0 Å². The Hall–Kier alpha value is -3.61. The number of benzene rings is 2. The highest BCUT2D eigenvalue weighted by atomic mass is 16.5. The van der Waals surface area contributed by atoms with Crippen LogP contribution >= 0.6 is 0 Å². The summed E-state index contributed by atoms with van der Waals surface area (Å²) in [5.41, 5.74) is 2.28. The largest absolute Gasteiger partial charge is 0.497 e. The van der Waals surface area contributed by atoms with E-state index in [4.69, 9.17) is 4.74 Å². The minimum absolute atomic E-state index is 0.0502. The summed E-state index contributed by atoms with van der Waals surface area (Å²) >= 11 is 0. The second kappa shape index (κ2) is 11.5. The van der Waals surface area contributed by atoms with Crippen LogP contribution in [0.5, 0.6) is 5.75 Å². The molecular formula is C24H29N3O4. The molecule has 0 fully saturated rings. The summed E-state index contributed by atoms with van der Waals surface area (Å²) in [6.45, 7) is 5.43. The Bertz CT molecular complexity index is 919. The summed E-state index contributed by atoms with van der Waals surface area (Å²) in [4.78, 5) is 36.3. The Morgan fingerprint density at radius 1 is 0.935 bits per heavy atom. The van der Waals surface area contributed by atoms with Crippen molar-refractivity contribution in [1.29, 1.82) is 0 Å². The molecule has 31 heavy (non-hydrogen) atoms. The van der Waals surface area contributed by atoms with E-state index in [0.29, 0.717) is 5.69 Å². The Morgan fingerprint density at radius 2 is 1.58 bits per heavy atom. The maximum atomic E-state index is 12.3. The minimum Gasteiger partial charge on any atom is -0.497 e. The molecule has 1 atom stereocenters. The predicted molar refractivity (Wildman–Crippen MR) is 122 cm³/mol. The topological polar surface area (TPSA) is 96.5 Å². The first kappa shape index (κ1) is 23.7. The highest BCUT2D eigenvalue weighted by Crippen LogP contribution is 2.13. The maximum absolute atomic E-state index is 12.3. The molecule has 3 N–H and O–H groups in total. The van der Waals surface area contributed by atoms with Crippen LogP contribution in [0.3, 0.4) is 0 Å². The zero-order valence-electron chi connectivity index (χ0n) is 18.3. The molecule has 164 valence electrons. The van der Waals surface area contributed by atoms with E-state index >= 15 is 0 Å². The summed E-state index contributed by atoms with van der Waals surface area (Å²) in [7, 11) is 1.59. The van der Waals surface area contributed by atoms with Crippen LogP contribution in [0.25, 0.3) is 6.08 Å². The third kappa shape index (κ3) is 8.34. The van der Waals surface area contributed by atoms with Gasteiger partial charge in [-0.25, -0.2) is 0 Å². The second-order valence-corrected chi connectivity index (χ2v) is 7.42. The molecule has 0 aliphatic heterocycles. The van der Waals surface area contributed by atoms with Crippen molar-refractivity contribution in [2.75, 3.05) is 12.4 Å². The SMILES string of the molecule is COc1ccc(/C=C/C(=O)NC(C)C(=O)Nc2ccc(CC(=O)NC(C)C)cc2)cc1. The van der Waals surface area contributed by atoms with E-state index < -0.39 is 6.04 Å². The molecule has 1 unspecified atom stereocenters. The maximum Gasteiger partial charge on any atom is 0.246 e. The van der Waals surface area contributed by atoms with E-state index in [2.05, 4.69) is 16.0 Å². The lowest BCUT2D eigenvalue weighted by Gasteiger charge is -2.13. The van der Waals surface area contributed by atoms with Gasteiger partial charge in [0.05, 0.1) is 13.5 Å². The molecule has 0 aromatic heterocycles. The van der Waals surface area contributed by atoms with Gasteiger partial charge in [-0.05, 0) is 62.2 Å². The standard InChI is InChI=1S/C24H29N3O4/c1-16(2)25-23(29)15-19-5-10-20(11-6-19)27-24(30)17(3)26-22(28)14-9-18-7-12-21(31-4)13-8-18/h5-14,16-17H,15H2,1-4H3,(H,25,29)(H,26,28)(H,27,30)/b14-9+. The first-order valence-corrected chi connectivity index (χ1v) is 10.1. The number of hydrogen-bond donors (Lipinski definition) is 3. The lowest BCUT2D eigenvalue weighted by atomic mass is 10.1. The van der Waals surface area contributed by atoms with Crippen molar-refractivity contribution in [3.05, 3.63) is 65.7 Å². The number of anilines is 1. The van der Waals surface area contributed by atoms with E-state index in [9.17, 15) is 14.4 Å². The Morgan fingerprint density at radius 3 is 2.16 bits per heavy atom. The number of amides is 3. The van der Waals surface area contributed by atoms with Crippen LogP contribution in [0.2, 0.25) is 0 Å². The molecule has 0 saturated heterocycles. The van der Waals surface area contributed by atoms with Gasteiger partial charge < -0.3 is 20.7 Å². The third-order valence-corrected chi connectivity index (χ3v) is 4.33.